The molecule has 0 aromatic carbocycles. The number of carbonyl (C=O) groups excluding carboxylic acids is 2. The number of esters is 1. The lowest BCUT2D eigenvalue weighted by Crippen LogP contribution is -2.32. The first-order valence-corrected chi connectivity index (χ1v) is 7.51. The van der Waals surface area contributed by atoms with E-state index in [1.54, 1.807) is 6.92 Å². The van der Waals surface area contributed by atoms with Gasteiger partial charge in [-0.05, 0) is 24.6 Å². The standard InChI is InChI=1S/C13H18N4O3S/c1-9(18)21-11-3-4-14-6-10(11)5-12-15-8-17(16-12)7-13(19)20-2/h5,8,11,14H,3-4,6-7H2,1-2H3/b10-5+. The van der Waals surface area contributed by atoms with E-state index in [4.69, 9.17) is 0 Å². The van der Waals surface area contributed by atoms with Gasteiger partial charge in [0.25, 0.3) is 0 Å². The van der Waals surface area contributed by atoms with E-state index in [0.717, 1.165) is 25.1 Å². The van der Waals surface area contributed by atoms with Gasteiger partial charge in [0.05, 0.1) is 7.11 Å². The summed E-state index contributed by atoms with van der Waals surface area (Å²) >= 11 is 1.34. The molecule has 0 bridgehead atoms. The van der Waals surface area contributed by atoms with Crippen LogP contribution in [-0.4, -0.2) is 51.3 Å². The fraction of sp³-hybridized carbons (Fsp3) is 0.538. The quantitative estimate of drug-likeness (QED) is 0.809. The van der Waals surface area contributed by atoms with Crippen molar-refractivity contribution in [2.75, 3.05) is 20.2 Å². The molecular formula is C13H18N4O3S. The number of hydrogen-bond donors (Lipinski definition) is 1. The molecule has 0 spiro atoms. The van der Waals surface area contributed by atoms with Crippen LogP contribution in [0.4, 0.5) is 0 Å². The molecule has 1 aliphatic heterocycles. The van der Waals surface area contributed by atoms with Gasteiger partial charge in [0.1, 0.15) is 12.9 Å². The fourth-order valence-corrected chi connectivity index (χ4v) is 3.00. The van der Waals surface area contributed by atoms with E-state index in [-0.39, 0.29) is 22.9 Å². The highest BCUT2D eigenvalue weighted by Gasteiger charge is 2.21. The van der Waals surface area contributed by atoms with Crippen LogP contribution in [0, 0.1) is 0 Å². The summed E-state index contributed by atoms with van der Waals surface area (Å²) in [5, 5.41) is 7.76. The highest BCUT2D eigenvalue weighted by Crippen LogP contribution is 2.26. The molecule has 1 aliphatic rings. The normalized spacial score (nSPS) is 20.5. The first-order chi connectivity index (χ1) is 10.1. The minimum atomic E-state index is -0.372. The second-order valence-electron chi connectivity index (χ2n) is 4.66. The summed E-state index contributed by atoms with van der Waals surface area (Å²) in [7, 11) is 1.33. The predicted octanol–water partition coefficient (Wildman–Crippen LogP) is 0.476. The monoisotopic (exact) mass is 310 g/mol. The number of piperidine rings is 1. The summed E-state index contributed by atoms with van der Waals surface area (Å²) < 4.78 is 6.01. The highest BCUT2D eigenvalue weighted by molar-refractivity contribution is 8.14. The average Bonchev–Trinajstić information content (AvgIpc) is 2.87. The third kappa shape index (κ3) is 4.68. The Morgan fingerprint density at radius 3 is 3.14 bits per heavy atom. The number of thioether (sulfide) groups is 1. The van der Waals surface area contributed by atoms with Gasteiger partial charge in [0.15, 0.2) is 10.9 Å². The third-order valence-electron chi connectivity index (χ3n) is 3.02. The summed E-state index contributed by atoms with van der Waals surface area (Å²) in [4.78, 5) is 26.6. The Kier molecular flexibility index (Phi) is 5.51. The molecule has 114 valence electrons. The van der Waals surface area contributed by atoms with Crippen molar-refractivity contribution in [3.05, 3.63) is 17.7 Å². The maximum absolute atomic E-state index is 11.3. The fourth-order valence-electron chi connectivity index (χ4n) is 2.06. The molecule has 1 N–H and O–H groups in total. The maximum atomic E-state index is 11.3. The smallest absolute Gasteiger partial charge is 0.327 e. The van der Waals surface area contributed by atoms with Crippen molar-refractivity contribution in [2.24, 2.45) is 0 Å². The van der Waals surface area contributed by atoms with Crippen molar-refractivity contribution in [1.82, 2.24) is 20.1 Å². The van der Waals surface area contributed by atoms with Crippen molar-refractivity contribution in [3.8, 4) is 0 Å². The lowest BCUT2D eigenvalue weighted by molar-refractivity contribution is -0.141. The van der Waals surface area contributed by atoms with Crippen LogP contribution in [0.25, 0.3) is 6.08 Å². The van der Waals surface area contributed by atoms with Gasteiger partial charge in [-0.25, -0.2) is 9.67 Å². The van der Waals surface area contributed by atoms with Crippen LogP contribution in [0.2, 0.25) is 0 Å². The summed E-state index contributed by atoms with van der Waals surface area (Å²) in [6.07, 6.45) is 4.27. The SMILES string of the molecule is COC(=O)Cn1cnc(/C=C2\CNCCC2SC(C)=O)n1. The molecular weight excluding hydrogens is 292 g/mol. The summed E-state index contributed by atoms with van der Waals surface area (Å²) in [6.45, 7) is 3.23. The van der Waals surface area contributed by atoms with Gasteiger partial charge in [0.2, 0.25) is 0 Å². The number of nitrogens with zero attached hydrogens (tertiary/aromatic N) is 3. The van der Waals surface area contributed by atoms with Crippen LogP contribution in [-0.2, 0) is 20.9 Å². The van der Waals surface area contributed by atoms with Gasteiger partial charge in [-0.3, -0.25) is 9.59 Å². The van der Waals surface area contributed by atoms with E-state index in [9.17, 15) is 9.59 Å². The van der Waals surface area contributed by atoms with E-state index in [2.05, 4.69) is 20.1 Å². The zero-order valence-corrected chi connectivity index (χ0v) is 12.9. The summed E-state index contributed by atoms with van der Waals surface area (Å²) in [5.41, 5.74) is 1.09. The van der Waals surface area contributed by atoms with Crippen LogP contribution in [0.1, 0.15) is 19.2 Å². The first-order valence-electron chi connectivity index (χ1n) is 6.63. The Hall–Kier alpha value is -1.67. The maximum Gasteiger partial charge on any atom is 0.327 e. The third-order valence-corrected chi connectivity index (χ3v) is 4.18. The summed E-state index contributed by atoms with van der Waals surface area (Å²) in [5.74, 6) is 0.162. The van der Waals surface area contributed by atoms with Crippen molar-refractivity contribution in [3.63, 3.8) is 0 Å². The molecule has 8 heteroatoms. The second-order valence-corrected chi connectivity index (χ2v) is 6.04. The molecule has 1 fully saturated rings. The van der Waals surface area contributed by atoms with Crippen LogP contribution in [0.5, 0.6) is 0 Å². The number of rotatable bonds is 4. The molecule has 1 aromatic heterocycles. The zero-order chi connectivity index (χ0) is 15.2. The van der Waals surface area contributed by atoms with Crippen molar-refractivity contribution in [1.29, 1.82) is 0 Å². The van der Waals surface area contributed by atoms with Gasteiger partial charge in [0, 0.05) is 18.7 Å². The number of nitrogens with one attached hydrogen (secondary N) is 1. The highest BCUT2D eigenvalue weighted by atomic mass is 32.2. The summed E-state index contributed by atoms with van der Waals surface area (Å²) in [6, 6.07) is 0. The van der Waals surface area contributed by atoms with Crippen LogP contribution >= 0.6 is 11.8 Å². The van der Waals surface area contributed by atoms with Crippen molar-refractivity contribution < 1.29 is 14.3 Å². The van der Waals surface area contributed by atoms with E-state index in [0.29, 0.717) is 5.82 Å². The number of hydrogen-bond acceptors (Lipinski definition) is 7. The molecule has 0 amide bonds. The van der Waals surface area contributed by atoms with Crippen molar-refractivity contribution >= 4 is 28.9 Å². The Labute approximate surface area is 127 Å². The zero-order valence-electron chi connectivity index (χ0n) is 12.0. The molecule has 7 nitrogen and oxygen atoms in total. The van der Waals surface area contributed by atoms with Gasteiger partial charge >= 0.3 is 5.97 Å². The lowest BCUT2D eigenvalue weighted by atomic mass is 10.1. The molecule has 1 saturated heterocycles. The largest absolute Gasteiger partial charge is 0.468 e. The Balaban J connectivity index is 2.09. The topological polar surface area (TPSA) is 86.1 Å². The van der Waals surface area contributed by atoms with Crippen LogP contribution in [0.3, 0.4) is 0 Å². The molecule has 2 rings (SSSR count). The van der Waals surface area contributed by atoms with Crippen molar-refractivity contribution in [2.45, 2.75) is 25.1 Å². The van der Waals surface area contributed by atoms with Gasteiger partial charge < -0.3 is 10.1 Å². The molecule has 1 unspecified atom stereocenters. The average molecular weight is 310 g/mol. The Morgan fingerprint density at radius 1 is 1.62 bits per heavy atom. The van der Waals surface area contributed by atoms with E-state index in [1.165, 1.54) is 29.9 Å². The second kappa shape index (κ2) is 7.37. The lowest BCUT2D eigenvalue weighted by Gasteiger charge is -2.24. The van der Waals surface area contributed by atoms with Crippen LogP contribution < -0.4 is 5.32 Å². The van der Waals surface area contributed by atoms with Gasteiger partial charge in [-0.2, -0.15) is 5.10 Å². The minimum absolute atomic E-state index is 0.0382. The molecule has 1 atom stereocenters. The van der Waals surface area contributed by atoms with Crippen LogP contribution in [0.15, 0.2) is 11.9 Å². The number of aromatic nitrogens is 3. The number of ether oxygens (including phenoxy) is 1. The molecule has 0 saturated carbocycles. The first kappa shape index (κ1) is 15.7. The van der Waals surface area contributed by atoms with E-state index < -0.39 is 0 Å². The molecule has 0 radical (unpaired) electrons. The molecule has 2 heterocycles. The Bertz CT molecular complexity index is 555. The predicted molar refractivity (Wildman–Crippen MR) is 79.6 cm³/mol. The molecule has 0 aliphatic carbocycles. The van der Waals surface area contributed by atoms with Gasteiger partial charge in [-0.1, -0.05) is 11.8 Å². The van der Waals surface area contributed by atoms with E-state index >= 15 is 0 Å². The molecule has 21 heavy (non-hydrogen) atoms. The Morgan fingerprint density at radius 2 is 2.43 bits per heavy atom. The molecule has 1 aromatic rings. The number of carbonyl (C=O) groups is 2. The van der Waals surface area contributed by atoms with E-state index in [1.807, 2.05) is 6.08 Å². The minimum Gasteiger partial charge on any atom is -0.468 e. The number of methoxy groups -OCH3 is 1. The van der Waals surface area contributed by atoms with Gasteiger partial charge in [-0.15, -0.1) is 0 Å².